The van der Waals surface area contributed by atoms with E-state index in [1.807, 2.05) is 47.9 Å². The number of rotatable bonds is 2. The molecule has 0 spiro atoms. The van der Waals surface area contributed by atoms with Gasteiger partial charge < -0.3 is 5.21 Å². The fraction of sp³-hybridized carbons (Fsp3) is 0.0769. The largest absolute Gasteiger partial charge is 0.411 e. The molecule has 2 aromatic heterocycles. The lowest BCUT2D eigenvalue weighted by Crippen LogP contribution is -1.91. The van der Waals surface area contributed by atoms with E-state index in [1.54, 1.807) is 11.3 Å². The first-order valence-electron chi connectivity index (χ1n) is 5.51. The lowest BCUT2D eigenvalue weighted by atomic mass is 10.1. The standard InChI is InChI=1S/C13H11N3OS/c1-9-8-16-11(7-14-17)12(15-13(16)18-9)10-5-3-2-4-6-10/h2-8,17H,1H3/b14-7-. The summed E-state index contributed by atoms with van der Waals surface area (Å²) < 4.78 is 1.95. The highest BCUT2D eigenvalue weighted by atomic mass is 32.1. The minimum Gasteiger partial charge on any atom is -0.411 e. The van der Waals surface area contributed by atoms with E-state index in [-0.39, 0.29) is 0 Å². The normalized spacial score (nSPS) is 11.6. The summed E-state index contributed by atoms with van der Waals surface area (Å²) in [4.78, 5) is 6.68. The fourth-order valence-electron chi connectivity index (χ4n) is 1.96. The van der Waals surface area contributed by atoms with E-state index in [0.29, 0.717) is 0 Å². The average molecular weight is 257 g/mol. The molecule has 0 bridgehead atoms. The van der Waals surface area contributed by atoms with Crippen molar-refractivity contribution in [3.05, 3.63) is 47.1 Å². The zero-order valence-electron chi connectivity index (χ0n) is 9.74. The number of thiazole rings is 1. The Labute approximate surface area is 108 Å². The van der Waals surface area contributed by atoms with Crippen LogP contribution in [0.2, 0.25) is 0 Å². The van der Waals surface area contributed by atoms with Crippen molar-refractivity contribution in [2.24, 2.45) is 5.16 Å². The number of imidazole rings is 1. The van der Waals surface area contributed by atoms with Crippen LogP contribution in [0, 0.1) is 6.92 Å². The van der Waals surface area contributed by atoms with E-state index in [1.165, 1.54) is 11.1 Å². The van der Waals surface area contributed by atoms with Gasteiger partial charge in [-0.25, -0.2) is 4.98 Å². The zero-order chi connectivity index (χ0) is 12.5. The minimum atomic E-state index is 0.794. The van der Waals surface area contributed by atoms with Gasteiger partial charge in [-0.1, -0.05) is 35.5 Å². The number of fused-ring (bicyclic) bond motifs is 1. The topological polar surface area (TPSA) is 49.9 Å². The van der Waals surface area contributed by atoms with Crippen molar-refractivity contribution in [2.45, 2.75) is 6.92 Å². The summed E-state index contributed by atoms with van der Waals surface area (Å²) in [6.45, 7) is 2.03. The van der Waals surface area contributed by atoms with Crippen LogP contribution in [0.3, 0.4) is 0 Å². The summed E-state index contributed by atoms with van der Waals surface area (Å²) in [6, 6.07) is 9.88. The Bertz CT molecular complexity index is 712. The number of oxime groups is 1. The van der Waals surface area contributed by atoms with Gasteiger partial charge in [0, 0.05) is 16.6 Å². The smallest absolute Gasteiger partial charge is 0.195 e. The van der Waals surface area contributed by atoms with Crippen LogP contribution < -0.4 is 0 Å². The average Bonchev–Trinajstić information content (AvgIpc) is 2.89. The highest BCUT2D eigenvalue weighted by molar-refractivity contribution is 7.17. The molecule has 18 heavy (non-hydrogen) atoms. The van der Waals surface area contributed by atoms with E-state index in [9.17, 15) is 0 Å². The number of hydrogen-bond acceptors (Lipinski definition) is 4. The van der Waals surface area contributed by atoms with Crippen molar-refractivity contribution in [1.29, 1.82) is 0 Å². The van der Waals surface area contributed by atoms with Crippen molar-refractivity contribution in [1.82, 2.24) is 9.38 Å². The molecule has 0 aliphatic heterocycles. The molecule has 0 aliphatic rings. The third-order valence-electron chi connectivity index (χ3n) is 2.71. The van der Waals surface area contributed by atoms with Gasteiger partial charge in [-0.05, 0) is 6.92 Å². The maximum atomic E-state index is 8.81. The molecule has 0 saturated carbocycles. The maximum absolute atomic E-state index is 8.81. The van der Waals surface area contributed by atoms with Crippen molar-refractivity contribution in [3.8, 4) is 11.3 Å². The summed E-state index contributed by atoms with van der Waals surface area (Å²) in [5, 5.41) is 11.9. The molecule has 1 N–H and O–H groups in total. The molecule has 4 nitrogen and oxygen atoms in total. The molecule has 0 amide bonds. The van der Waals surface area contributed by atoms with Crippen LogP contribution in [0.5, 0.6) is 0 Å². The molecule has 0 fully saturated rings. The van der Waals surface area contributed by atoms with Crippen molar-refractivity contribution in [2.75, 3.05) is 0 Å². The van der Waals surface area contributed by atoms with Crippen LogP contribution in [-0.4, -0.2) is 20.8 Å². The highest BCUT2D eigenvalue weighted by Crippen LogP contribution is 2.27. The van der Waals surface area contributed by atoms with Gasteiger partial charge in [-0.2, -0.15) is 0 Å². The molecule has 1 aromatic carbocycles. The number of benzene rings is 1. The molecule has 3 aromatic rings. The Kier molecular flexibility index (Phi) is 2.60. The van der Waals surface area contributed by atoms with Crippen LogP contribution in [0.1, 0.15) is 10.6 Å². The molecule has 0 atom stereocenters. The van der Waals surface area contributed by atoms with Crippen molar-refractivity contribution < 1.29 is 5.21 Å². The second kappa shape index (κ2) is 4.27. The monoisotopic (exact) mass is 257 g/mol. The Morgan fingerprint density at radius 2 is 2.11 bits per heavy atom. The maximum Gasteiger partial charge on any atom is 0.195 e. The molecule has 2 heterocycles. The van der Waals surface area contributed by atoms with Gasteiger partial charge in [0.05, 0.1) is 17.6 Å². The lowest BCUT2D eigenvalue weighted by Gasteiger charge is -1.98. The Balaban J connectivity index is 2.29. The molecule has 0 unspecified atom stereocenters. The van der Waals surface area contributed by atoms with Crippen LogP contribution in [-0.2, 0) is 0 Å². The van der Waals surface area contributed by atoms with Gasteiger partial charge in [0.15, 0.2) is 4.96 Å². The molecule has 0 radical (unpaired) electrons. The van der Waals surface area contributed by atoms with E-state index in [4.69, 9.17) is 5.21 Å². The van der Waals surface area contributed by atoms with E-state index in [0.717, 1.165) is 21.9 Å². The fourth-order valence-corrected chi connectivity index (χ4v) is 2.79. The summed E-state index contributed by atoms with van der Waals surface area (Å²) in [5.41, 5.74) is 2.64. The molecule has 90 valence electrons. The van der Waals surface area contributed by atoms with E-state index >= 15 is 0 Å². The molecular formula is C13H11N3OS. The zero-order valence-corrected chi connectivity index (χ0v) is 10.6. The second-order valence-corrected chi connectivity index (χ2v) is 5.16. The Morgan fingerprint density at radius 1 is 1.33 bits per heavy atom. The predicted octanol–water partition coefficient (Wildman–Crippen LogP) is 3.18. The number of aromatic nitrogens is 2. The minimum absolute atomic E-state index is 0.794. The van der Waals surface area contributed by atoms with Gasteiger partial charge in [0.25, 0.3) is 0 Å². The predicted molar refractivity (Wildman–Crippen MR) is 72.6 cm³/mol. The van der Waals surface area contributed by atoms with Crippen LogP contribution in [0.25, 0.3) is 16.2 Å². The molecule has 0 aliphatic carbocycles. The number of nitrogens with zero attached hydrogens (tertiary/aromatic N) is 3. The summed E-state index contributed by atoms with van der Waals surface area (Å²) in [7, 11) is 0. The highest BCUT2D eigenvalue weighted by Gasteiger charge is 2.14. The van der Waals surface area contributed by atoms with Crippen LogP contribution >= 0.6 is 11.3 Å². The first-order valence-corrected chi connectivity index (χ1v) is 6.32. The number of aryl methyl sites for hydroxylation is 1. The second-order valence-electron chi connectivity index (χ2n) is 3.95. The SMILES string of the molecule is Cc1cn2c(/C=N\O)c(-c3ccccc3)nc2s1. The third kappa shape index (κ3) is 1.69. The first-order chi connectivity index (χ1) is 8.79. The van der Waals surface area contributed by atoms with E-state index in [2.05, 4.69) is 10.1 Å². The van der Waals surface area contributed by atoms with Gasteiger partial charge in [-0.3, -0.25) is 4.40 Å². The number of hydrogen-bond donors (Lipinski definition) is 1. The molecule has 0 saturated heterocycles. The van der Waals surface area contributed by atoms with Gasteiger partial charge in [0.1, 0.15) is 0 Å². The van der Waals surface area contributed by atoms with E-state index < -0.39 is 0 Å². The van der Waals surface area contributed by atoms with Gasteiger partial charge >= 0.3 is 0 Å². The van der Waals surface area contributed by atoms with Crippen molar-refractivity contribution in [3.63, 3.8) is 0 Å². The third-order valence-corrected chi connectivity index (χ3v) is 3.60. The van der Waals surface area contributed by atoms with Gasteiger partial charge in [0.2, 0.25) is 0 Å². The first kappa shape index (κ1) is 11.0. The molecule has 3 rings (SSSR count). The van der Waals surface area contributed by atoms with Crippen LogP contribution in [0.4, 0.5) is 0 Å². The molecule has 5 heteroatoms. The van der Waals surface area contributed by atoms with Crippen LogP contribution in [0.15, 0.2) is 41.7 Å². The Morgan fingerprint density at radius 3 is 2.83 bits per heavy atom. The summed E-state index contributed by atoms with van der Waals surface area (Å²) in [6.07, 6.45) is 3.42. The lowest BCUT2D eigenvalue weighted by molar-refractivity contribution is 0.321. The molecular weight excluding hydrogens is 246 g/mol. The Hall–Kier alpha value is -2.14. The summed E-state index contributed by atoms with van der Waals surface area (Å²) in [5.74, 6) is 0. The van der Waals surface area contributed by atoms with Crippen molar-refractivity contribution >= 4 is 22.5 Å². The van der Waals surface area contributed by atoms with Gasteiger partial charge in [-0.15, -0.1) is 11.3 Å². The quantitative estimate of drug-likeness (QED) is 0.435. The summed E-state index contributed by atoms with van der Waals surface area (Å²) >= 11 is 1.62.